The van der Waals surface area contributed by atoms with Crippen LogP contribution in [0.2, 0.25) is 0 Å². The summed E-state index contributed by atoms with van der Waals surface area (Å²) in [6, 6.07) is 13.1. The fourth-order valence-corrected chi connectivity index (χ4v) is 2.26. The summed E-state index contributed by atoms with van der Waals surface area (Å²) in [4.78, 5) is 23.9. The molecule has 0 aliphatic rings. The Balaban J connectivity index is 1.69. The lowest BCUT2D eigenvalue weighted by atomic mass is 10.2. The van der Waals surface area contributed by atoms with Gasteiger partial charge in [0, 0.05) is 23.1 Å². The molecule has 2 aromatic carbocycles. The number of phenols is 1. The molecule has 7 heteroatoms. The number of ether oxygens (including phenoxy) is 1. The SMILES string of the molecule is CC(Oc1ccc(O)cc1)C(=O)NCCNC(=O)c1ccc(Br)cc1. The molecular formula is C18H19BrN2O4. The molecule has 2 rings (SSSR count). The number of rotatable bonds is 7. The van der Waals surface area contributed by atoms with Gasteiger partial charge in [0.05, 0.1) is 0 Å². The first-order valence-electron chi connectivity index (χ1n) is 7.73. The maximum Gasteiger partial charge on any atom is 0.260 e. The maximum absolute atomic E-state index is 12.0. The van der Waals surface area contributed by atoms with Gasteiger partial charge in [0.25, 0.3) is 11.8 Å². The van der Waals surface area contributed by atoms with Gasteiger partial charge in [0.15, 0.2) is 6.10 Å². The summed E-state index contributed by atoms with van der Waals surface area (Å²) in [6.45, 7) is 2.24. The smallest absolute Gasteiger partial charge is 0.260 e. The second-order valence-corrected chi connectivity index (χ2v) is 6.22. The van der Waals surface area contributed by atoms with Crippen molar-refractivity contribution in [2.45, 2.75) is 13.0 Å². The molecule has 2 aromatic rings. The van der Waals surface area contributed by atoms with E-state index in [4.69, 9.17) is 4.74 Å². The van der Waals surface area contributed by atoms with Crippen LogP contribution in [0.4, 0.5) is 0 Å². The van der Waals surface area contributed by atoms with Gasteiger partial charge in [-0.1, -0.05) is 15.9 Å². The van der Waals surface area contributed by atoms with Crippen molar-refractivity contribution in [2.24, 2.45) is 0 Å². The average Bonchev–Trinajstić information content (AvgIpc) is 2.60. The van der Waals surface area contributed by atoms with Gasteiger partial charge >= 0.3 is 0 Å². The quantitative estimate of drug-likeness (QED) is 0.616. The molecule has 0 bridgehead atoms. The molecule has 0 radical (unpaired) electrons. The molecule has 25 heavy (non-hydrogen) atoms. The van der Waals surface area contributed by atoms with Gasteiger partial charge in [0.2, 0.25) is 0 Å². The van der Waals surface area contributed by atoms with Crippen molar-refractivity contribution in [3.8, 4) is 11.5 Å². The van der Waals surface area contributed by atoms with E-state index in [1.54, 1.807) is 43.3 Å². The number of aromatic hydroxyl groups is 1. The second-order valence-electron chi connectivity index (χ2n) is 5.31. The third-order valence-corrected chi connectivity index (χ3v) is 3.86. The Bertz CT molecular complexity index is 717. The number of halogens is 1. The van der Waals surface area contributed by atoms with Crippen LogP contribution in [-0.4, -0.2) is 36.1 Å². The number of amides is 2. The van der Waals surface area contributed by atoms with Crippen molar-refractivity contribution in [3.63, 3.8) is 0 Å². The third-order valence-electron chi connectivity index (χ3n) is 3.34. The fraction of sp³-hybridized carbons (Fsp3) is 0.222. The molecular weight excluding hydrogens is 388 g/mol. The molecule has 132 valence electrons. The van der Waals surface area contributed by atoms with E-state index in [2.05, 4.69) is 26.6 Å². The largest absolute Gasteiger partial charge is 0.508 e. The van der Waals surface area contributed by atoms with E-state index in [1.807, 2.05) is 0 Å². The molecule has 0 spiro atoms. The standard InChI is InChI=1S/C18H19BrN2O4/c1-12(25-16-8-6-15(22)7-9-16)17(23)20-10-11-21-18(24)13-2-4-14(19)5-3-13/h2-9,12,22H,10-11H2,1H3,(H,20,23)(H,21,24). The lowest BCUT2D eigenvalue weighted by Gasteiger charge is -2.15. The van der Waals surface area contributed by atoms with Crippen LogP contribution in [-0.2, 0) is 4.79 Å². The summed E-state index contributed by atoms with van der Waals surface area (Å²) in [5, 5.41) is 14.6. The molecule has 0 saturated heterocycles. The van der Waals surface area contributed by atoms with Crippen molar-refractivity contribution < 1.29 is 19.4 Å². The number of nitrogens with one attached hydrogen (secondary N) is 2. The van der Waals surface area contributed by atoms with Crippen LogP contribution in [0.3, 0.4) is 0 Å². The highest BCUT2D eigenvalue weighted by Crippen LogP contribution is 2.17. The van der Waals surface area contributed by atoms with Gasteiger partial charge in [-0.2, -0.15) is 0 Å². The Labute approximate surface area is 154 Å². The Morgan fingerprint density at radius 3 is 2.28 bits per heavy atom. The second kappa shape index (κ2) is 9.08. The fourth-order valence-electron chi connectivity index (χ4n) is 1.99. The monoisotopic (exact) mass is 406 g/mol. The van der Waals surface area contributed by atoms with Gasteiger partial charge in [-0.05, 0) is 55.5 Å². The summed E-state index contributed by atoms with van der Waals surface area (Å²) < 4.78 is 6.38. The van der Waals surface area contributed by atoms with Crippen LogP contribution in [0.5, 0.6) is 11.5 Å². The van der Waals surface area contributed by atoms with Crippen LogP contribution in [0, 0.1) is 0 Å². The molecule has 6 nitrogen and oxygen atoms in total. The molecule has 2 amide bonds. The highest BCUT2D eigenvalue weighted by molar-refractivity contribution is 9.10. The number of phenolic OH excluding ortho intramolecular Hbond substituents is 1. The first-order valence-corrected chi connectivity index (χ1v) is 8.52. The minimum absolute atomic E-state index is 0.131. The minimum Gasteiger partial charge on any atom is -0.508 e. The van der Waals surface area contributed by atoms with Gasteiger partial charge in [-0.3, -0.25) is 9.59 Å². The van der Waals surface area contributed by atoms with Crippen molar-refractivity contribution in [2.75, 3.05) is 13.1 Å². The third kappa shape index (κ3) is 6.11. The first-order chi connectivity index (χ1) is 12.0. The van der Waals surface area contributed by atoms with E-state index in [-0.39, 0.29) is 17.6 Å². The number of hydrogen-bond donors (Lipinski definition) is 3. The lowest BCUT2D eigenvalue weighted by molar-refractivity contribution is -0.127. The molecule has 0 saturated carbocycles. The summed E-state index contributed by atoms with van der Waals surface area (Å²) in [5.41, 5.74) is 0.554. The molecule has 0 heterocycles. The van der Waals surface area contributed by atoms with Gasteiger partial charge in [0.1, 0.15) is 11.5 Å². The van der Waals surface area contributed by atoms with E-state index in [0.717, 1.165) is 4.47 Å². The normalized spacial score (nSPS) is 11.4. The average molecular weight is 407 g/mol. The van der Waals surface area contributed by atoms with Crippen LogP contribution in [0.1, 0.15) is 17.3 Å². The van der Waals surface area contributed by atoms with Crippen LogP contribution >= 0.6 is 15.9 Å². The minimum atomic E-state index is -0.688. The van der Waals surface area contributed by atoms with Crippen LogP contribution < -0.4 is 15.4 Å². The van der Waals surface area contributed by atoms with E-state index in [1.165, 1.54) is 12.1 Å². The zero-order chi connectivity index (χ0) is 18.2. The summed E-state index contributed by atoms with van der Waals surface area (Å²) >= 11 is 3.31. The number of benzene rings is 2. The molecule has 1 unspecified atom stereocenters. The molecule has 3 N–H and O–H groups in total. The zero-order valence-corrected chi connectivity index (χ0v) is 15.2. The summed E-state index contributed by atoms with van der Waals surface area (Å²) in [5.74, 6) is 0.135. The maximum atomic E-state index is 12.0. The van der Waals surface area contributed by atoms with E-state index >= 15 is 0 Å². The summed E-state index contributed by atoms with van der Waals surface area (Å²) in [6.07, 6.45) is -0.688. The molecule has 1 atom stereocenters. The Morgan fingerprint density at radius 2 is 1.64 bits per heavy atom. The van der Waals surface area contributed by atoms with Gasteiger partial charge in [-0.25, -0.2) is 0 Å². The van der Waals surface area contributed by atoms with E-state index in [0.29, 0.717) is 24.4 Å². The van der Waals surface area contributed by atoms with Crippen molar-refractivity contribution in [1.29, 1.82) is 0 Å². The van der Waals surface area contributed by atoms with Crippen molar-refractivity contribution >= 4 is 27.7 Å². The molecule has 0 aliphatic carbocycles. The number of carbonyl (C=O) groups is 2. The highest BCUT2D eigenvalue weighted by atomic mass is 79.9. The van der Waals surface area contributed by atoms with Crippen LogP contribution in [0.25, 0.3) is 0 Å². The Kier molecular flexibility index (Phi) is 6.82. The Hall–Kier alpha value is -2.54. The number of hydrogen-bond acceptors (Lipinski definition) is 4. The van der Waals surface area contributed by atoms with Crippen LogP contribution in [0.15, 0.2) is 53.0 Å². The summed E-state index contributed by atoms with van der Waals surface area (Å²) in [7, 11) is 0. The Morgan fingerprint density at radius 1 is 1.04 bits per heavy atom. The van der Waals surface area contributed by atoms with Crippen molar-refractivity contribution in [3.05, 3.63) is 58.6 Å². The van der Waals surface area contributed by atoms with E-state index in [9.17, 15) is 14.7 Å². The van der Waals surface area contributed by atoms with Gasteiger partial charge < -0.3 is 20.5 Å². The molecule has 0 aromatic heterocycles. The predicted octanol–water partition coefficient (Wildman–Crippen LogP) is 2.47. The van der Waals surface area contributed by atoms with E-state index < -0.39 is 6.10 Å². The topological polar surface area (TPSA) is 87.7 Å². The first kappa shape index (κ1) is 18.8. The zero-order valence-electron chi connectivity index (χ0n) is 13.7. The van der Waals surface area contributed by atoms with Crippen molar-refractivity contribution in [1.82, 2.24) is 10.6 Å². The molecule has 0 aliphatic heterocycles. The highest BCUT2D eigenvalue weighted by Gasteiger charge is 2.14. The lowest BCUT2D eigenvalue weighted by Crippen LogP contribution is -2.40. The molecule has 0 fully saturated rings. The van der Waals surface area contributed by atoms with Gasteiger partial charge in [-0.15, -0.1) is 0 Å². The number of carbonyl (C=O) groups excluding carboxylic acids is 2. The predicted molar refractivity (Wildman–Crippen MR) is 97.7 cm³/mol.